The highest BCUT2D eigenvalue weighted by atomic mass is 127. The molecule has 0 unspecified atom stereocenters. The molecule has 1 aromatic carbocycles. The van der Waals surface area contributed by atoms with Gasteiger partial charge in [-0.3, -0.25) is 14.6 Å². The number of nitrogens with zero attached hydrogens (tertiary/aromatic N) is 1. The van der Waals surface area contributed by atoms with Gasteiger partial charge in [-0.05, 0) is 46.4 Å². The molecule has 3 N–H and O–H groups in total. The van der Waals surface area contributed by atoms with Gasteiger partial charge in [0, 0.05) is 33.3 Å². The van der Waals surface area contributed by atoms with Crippen molar-refractivity contribution in [2.75, 3.05) is 13.2 Å². The number of carbonyl (C=O) groups excluding carboxylic acids is 1. The second kappa shape index (κ2) is 10.2. The van der Waals surface area contributed by atoms with Crippen molar-refractivity contribution in [1.29, 1.82) is 0 Å². The second-order valence-corrected chi connectivity index (χ2v) is 7.02. The average Bonchev–Trinajstić information content (AvgIpc) is 3.02. The number of furan rings is 1. The van der Waals surface area contributed by atoms with E-state index in [1.807, 2.05) is 22.6 Å². The normalized spacial score (nSPS) is 11.9. The van der Waals surface area contributed by atoms with Gasteiger partial charge in [-0.1, -0.05) is 6.07 Å². The van der Waals surface area contributed by atoms with Crippen molar-refractivity contribution in [3.05, 3.63) is 62.9 Å². The SMILES string of the molecule is O=C(NOC[C@@H](O)CO)c1oc2ccncc2c1Cc1ccc(I)cc1F.S. The number of aliphatic hydroxyl groups excluding tert-OH is 2. The third-order valence-corrected chi connectivity index (χ3v) is 4.50. The maximum atomic E-state index is 14.3. The molecule has 150 valence electrons. The Morgan fingerprint density at radius 3 is 2.89 bits per heavy atom. The van der Waals surface area contributed by atoms with E-state index in [1.54, 1.807) is 24.4 Å². The lowest BCUT2D eigenvalue weighted by Gasteiger charge is -2.09. The van der Waals surface area contributed by atoms with Crippen LogP contribution in [0.15, 0.2) is 41.1 Å². The number of halogens is 2. The van der Waals surface area contributed by atoms with Crippen LogP contribution in [-0.4, -0.2) is 40.4 Å². The lowest BCUT2D eigenvalue weighted by atomic mass is 10.0. The molecule has 1 amide bonds. The third-order valence-electron chi connectivity index (χ3n) is 3.83. The van der Waals surface area contributed by atoms with E-state index in [2.05, 4.69) is 10.5 Å². The number of fused-ring (bicyclic) bond motifs is 1. The van der Waals surface area contributed by atoms with E-state index in [0.29, 0.717) is 22.1 Å². The highest BCUT2D eigenvalue weighted by Crippen LogP contribution is 2.28. The Labute approximate surface area is 180 Å². The highest BCUT2D eigenvalue weighted by molar-refractivity contribution is 14.1. The first-order valence-electron chi connectivity index (χ1n) is 8.00. The molecule has 0 saturated heterocycles. The third kappa shape index (κ3) is 5.20. The highest BCUT2D eigenvalue weighted by Gasteiger charge is 2.22. The number of aromatic nitrogens is 1. The van der Waals surface area contributed by atoms with Gasteiger partial charge in [-0.2, -0.15) is 13.5 Å². The van der Waals surface area contributed by atoms with E-state index in [0.717, 1.165) is 3.57 Å². The Morgan fingerprint density at radius 1 is 1.39 bits per heavy atom. The van der Waals surface area contributed by atoms with Gasteiger partial charge in [0.1, 0.15) is 24.1 Å². The second-order valence-electron chi connectivity index (χ2n) is 5.77. The standard InChI is InChI=1S/C18H16FIN2O5.H2S/c19-15-6-11(20)2-1-10(15)5-13-14-7-21-4-3-16(14)27-17(13)18(25)22-26-9-12(24)8-23;/h1-4,6-7,12,23-24H,5,8-9H2,(H,22,25);1H2/t12-;/m0./s1. The molecule has 10 heteroatoms. The molecule has 7 nitrogen and oxygen atoms in total. The minimum absolute atomic E-state index is 0. The predicted octanol–water partition coefficient (Wildman–Crippen LogP) is 2.29. The summed E-state index contributed by atoms with van der Waals surface area (Å²) in [6, 6.07) is 6.45. The number of rotatable bonds is 7. The van der Waals surface area contributed by atoms with Crippen molar-refractivity contribution in [1.82, 2.24) is 10.5 Å². The Balaban J connectivity index is 0.00000280. The molecule has 0 radical (unpaired) electrons. The smallest absolute Gasteiger partial charge is 0.310 e. The number of carbonyl (C=O) groups is 1. The number of amides is 1. The molecular formula is C18H18FIN2O5S. The molecule has 3 aromatic rings. The molecule has 2 heterocycles. The molecular weight excluding hydrogens is 502 g/mol. The van der Waals surface area contributed by atoms with Crippen molar-refractivity contribution in [3.8, 4) is 0 Å². The summed E-state index contributed by atoms with van der Waals surface area (Å²) in [7, 11) is 0. The predicted molar refractivity (Wildman–Crippen MR) is 113 cm³/mol. The summed E-state index contributed by atoms with van der Waals surface area (Å²) < 4.78 is 20.7. The first-order chi connectivity index (χ1) is 13.0. The van der Waals surface area contributed by atoms with Gasteiger partial charge >= 0.3 is 5.91 Å². The number of hydrogen-bond acceptors (Lipinski definition) is 6. The molecule has 3 rings (SSSR count). The fourth-order valence-corrected chi connectivity index (χ4v) is 2.96. The summed E-state index contributed by atoms with van der Waals surface area (Å²) >= 11 is 2.02. The molecule has 1 atom stereocenters. The summed E-state index contributed by atoms with van der Waals surface area (Å²) in [6.45, 7) is -0.783. The zero-order chi connectivity index (χ0) is 19.4. The maximum Gasteiger partial charge on any atom is 0.310 e. The lowest BCUT2D eigenvalue weighted by Crippen LogP contribution is -2.30. The number of hydroxylamine groups is 1. The monoisotopic (exact) mass is 520 g/mol. The van der Waals surface area contributed by atoms with Gasteiger partial charge in [-0.25, -0.2) is 9.87 Å². The minimum atomic E-state index is -1.12. The molecule has 0 spiro atoms. The van der Waals surface area contributed by atoms with E-state index in [1.165, 1.54) is 12.3 Å². The molecule has 0 bridgehead atoms. The van der Waals surface area contributed by atoms with E-state index in [4.69, 9.17) is 14.4 Å². The maximum absolute atomic E-state index is 14.3. The Morgan fingerprint density at radius 2 is 2.18 bits per heavy atom. The van der Waals surface area contributed by atoms with Crippen LogP contribution in [-0.2, 0) is 11.3 Å². The minimum Gasteiger partial charge on any atom is -0.450 e. The number of aliphatic hydroxyl groups is 2. The van der Waals surface area contributed by atoms with Gasteiger partial charge < -0.3 is 14.6 Å². The number of hydrogen-bond donors (Lipinski definition) is 3. The van der Waals surface area contributed by atoms with Gasteiger partial charge in [-0.15, -0.1) is 0 Å². The molecule has 0 fully saturated rings. The number of benzene rings is 1. The van der Waals surface area contributed by atoms with Crippen LogP contribution in [0.5, 0.6) is 0 Å². The van der Waals surface area contributed by atoms with Crippen molar-refractivity contribution < 1.29 is 28.7 Å². The average molecular weight is 520 g/mol. The quantitative estimate of drug-likeness (QED) is 0.326. The van der Waals surface area contributed by atoms with Crippen molar-refractivity contribution in [2.45, 2.75) is 12.5 Å². The van der Waals surface area contributed by atoms with Crippen LogP contribution in [0.25, 0.3) is 11.0 Å². The summed E-state index contributed by atoms with van der Waals surface area (Å²) in [4.78, 5) is 21.4. The van der Waals surface area contributed by atoms with E-state index < -0.39 is 18.6 Å². The molecule has 0 aliphatic heterocycles. The van der Waals surface area contributed by atoms with Crippen LogP contribution in [0.1, 0.15) is 21.7 Å². The summed E-state index contributed by atoms with van der Waals surface area (Å²) in [5.74, 6) is -1.10. The van der Waals surface area contributed by atoms with Crippen molar-refractivity contribution >= 4 is 53.0 Å². The Kier molecular flexibility index (Phi) is 8.19. The fourth-order valence-electron chi connectivity index (χ4n) is 2.51. The summed E-state index contributed by atoms with van der Waals surface area (Å²) in [5.41, 5.74) is 3.48. The zero-order valence-corrected chi connectivity index (χ0v) is 17.6. The van der Waals surface area contributed by atoms with E-state index in [9.17, 15) is 14.3 Å². The molecule has 0 aliphatic rings. The Bertz CT molecular complexity index is 968. The van der Waals surface area contributed by atoms with Gasteiger partial charge in [0.2, 0.25) is 0 Å². The largest absolute Gasteiger partial charge is 0.450 e. The van der Waals surface area contributed by atoms with Crippen LogP contribution in [0, 0.1) is 9.39 Å². The molecule has 0 saturated carbocycles. The van der Waals surface area contributed by atoms with Crippen LogP contribution >= 0.6 is 36.1 Å². The van der Waals surface area contributed by atoms with Crippen LogP contribution in [0.3, 0.4) is 0 Å². The number of pyridine rings is 1. The molecule has 0 aliphatic carbocycles. The topological polar surface area (TPSA) is 105 Å². The summed E-state index contributed by atoms with van der Waals surface area (Å²) in [5, 5.41) is 18.6. The van der Waals surface area contributed by atoms with Crippen molar-refractivity contribution in [2.24, 2.45) is 0 Å². The van der Waals surface area contributed by atoms with Crippen molar-refractivity contribution in [3.63, 3.8) is 0 Å². The lowest BCUT2D eigenvalue weighted by molar-refractivity contribution is -0.0303. The van der Waals surface area contributed by atoms with Crippen LogP contribution in [0.2, 0.25) is 0 Å². The fraction of sp³-hybridized carbons (Fsp3) is 0.222. The van der Waals surface area contributed by atoms with Gasteiger partial charge in [0.15, 0.2) is 5.76 Å². The number of nitrogens with one attached hydrogen (secondary N) is 1. The Hall–Kier alpha value is -1.73. The molecule has 2 aromatic heterocycles. The van der Waals surface area contributed by atoms with E-state index >= 15 is 0 Å². The van der Waals surface area contributed by atoms with E-state index in [-0.39, 0.29) is 38.1 Å². The van der Waals surface area contributed by atoms with Crippen LogP contribution < -0.4 is 5.48 Å². The van der Waals surface area contributed by atoms with Gasteiger partial charge in [0.25, 0.3) is 0 Å². The van der Waals surface area contributed by atoms with Crippen LogP contribution in [0.4, 0.5) is 4.39 Å². The zero-order valence-electron chi connectivity index (χ0n) is 14.5. The van der Waals surface area contributed by atoms with Gasteiger partial charge in [0.05, 0.1) is 6.61 Å². The first kappa shape index (κ1) is 22.6. The summed E-state index contributed by atoms with van der Waals surface area (Å²) in [6.07, 6.45) is 2.08. The first-order valence-corrected chi connectivity index (χ1v) is 9.08. The molecule has 28 heavy (non-hydrogen) atoms.